The van der Waals surface area contributed by atoms with Crippen LogP contribution in [0.25, 0.3) is 11.3 Å². The molecule has 18 heavy (non-hydrogen) atoms. The van der Waals surface area contributed by atoms with E-state index in [-0.39, 0.29) is 0 Å². The summed E-state index contributed by atoms with van der Waals surface area (Å²) in [5.74, 6) is 0.891. The summed E-state index contributed by atoms with van der Waals surface area (Å²) in [5, 5.41) is 3.29. The van der Waals surface area contributed by atoms with Crippen molar-refractivity contribution in [1.82, 2.24) is 9.97 Å². The largest absolute Gasteiger partial charge is 0.370 e. The number of nitrogens with one attached hydrogen (secondary N) is 1. The van der Waals surface area contributed by atoms with Gasteiger partial charge in [0.25, 0.3) is 0 Å². The van der Waals surface area contributed by atoms with E-state index in [1.54, 1.807) is 6.33 Å². The first-order chi connectivity index (χ1) is 8.70. The van der Waals surface area contributed by atoms with Gasteiger partial charge in [0.2, 0.25) is 0 Å². The first-order valence-corrected chi connectivity index (χ1v) is 6.34. The van der Waals surface area contributed by atoms with Crippen LogP contribution in [0, 0.1) is 13.8 Å². The molecule has 0 fully saturated rings. The van der Waals surface area contributed by atoms with E-state index in [2.05, 4.69) is 54.3 Å². The predicted molar refractivity (Wildman–Crippen MR) is 75.7 cm³/mol. The highest BCUT2D eigenvalue weighted by Crippen LogP contribution is 2.23. The number of anilines is 1. The number of hydrogen-bond acceptors (Lipinski definition) is 3. The van der Waals surface area contributed by atoms with Crippen molar-refractivity contribution in [3.63, 3.8) is 0 Å². The third-order valence-corrected chi connectivity index (χ3v) is 2.89. The fourth-order valence-corrected chi connectivity index (χ4v) is 1.87. The second kappa shape index (κ2) is 5.63. The van der Waals surface area contributed by atoms with E-state index in [9.17, 15) is 0 Å². The molecule has 0 amide bonds. The van der Waals surface area contributed by atoms with Gasteiger partial charge in [0.15, 0.2) is 0 Å². The van der Waals surface area contributed by atoms with Crippen LogP contribution in [0.1, 0.15) is 24.5 Å². The van der Waals surface area contributed by atoms with Crippen molar-refractivity contribution in [2.75, 3.05) is 11.9 Å². The molecule has 3 nitrogen and oxygen atoms in total. The van der Waals surface area contributed by atoms with Crippen LogP contribution in [0.15, 0.2) is 30.6 Å². The zero-order chi connectivity index (χ0) is 13.0. The summed E-state index contributed by atoms with van der Waals surface area (Å²) >= 11 is 0. The SMILES string of the molecule is CCCNc1cc(-c2cc(C)ccc2C)ncn1. The predicted octanol–water partition coefficient (Wildman–Crippen LogP) is 3.58. The Bertz CT molecular complexity index is 535. The fourth-order valence-electron chi connectivity index (χ4n) is 1.87. The lowest BCUT2D eigenvalue weighted by Crippen LogP contribution is -2.02. The number of aryl methyl sites for hydroxylation is 2. The maximum absolute atomic E-state index is 4.37. The van der Waals surface area contributed by atoms with Gasteiger partial charge in [-0.05, 0) is 31.9 Å². The van der Waals surface area contributed by atoms with E-state index in [1.807, 2.05) is 6.07 Å². The van der Waals surface area contributed by atoms with Crippen LogP contribution in [0.3, 0.4) is 0 Å². The topological polar surface area (TPSA) is 37.8 Å². The van der Waals surface area contributed by atoms with E-state index in [0.717, 1.165) is 24.5 Å². The molecular formula is C15H19N3. The van der Waals surface area contributed by atoms with Gasteiger partial charge >= 0.3 is 0 Å². The van der Waals surface area contributed by atoms with Crippen molar-refractivity contribution in [1.29, 1.82) is 0 Å². The molecule has 1 heterocycles. The van der Waals surface area contributed by atoms with Gasteiger partial charge in [0.1, 0.15) is 12.1 Å². The number of benzene rings is 1. The molecule has 0 aliphatic carbocycles. The van der Waals surface area contributed by atoms with Crippen molar-refractivity contribution in [3.8, 4) is 11.3 Å². The van der Waals surface area contributed by atoms with Gasteiger partial charge in [0.05, 0.1) is 5.69 Å². The summed E-state index contributed by atoms with van der Waals surface area (Å²) in [6.07, 6.45) is 2.71. The molecule has 1 aromatic carbocycles. The van der Waals surface area contributed by atoms with Crippen molar-refractivity contribution in [2.45, 2.75) is 27.2 Å². The average molecular weight is 241 g/mol. The normalized spacial score (nSPS) is 10.4. The van der Waals surface area contributed by atoms with Crippen LogP contribution in [0.2, 0.25) is 0 Å². The molecule has 0 saturated carbocycles. The Morgan fingerprint density at radius 3 is 2.72 bits per heavy atom. The summed E-state index contributed by atoms with van der Waals surface area (Å²) < 4.78 is 0. The second-order valence-corrected chi connectivity index (χ2v) is 4.53. The molecule has 0 unspecified atom stereocenters. The highest BCUT2D eigenvalue weighted by molar-refractivity contribution is 5.66. The molecule has 0 radical (unpaired) electrons. The number of rotatable bonds is 4. The van der Waals surface area contributed by atoms with Crippen LogP contribution in [0.4, 0.5) is 5.82 Å². The van der Waals surface area contributed by atoms with E-state index in [1.165, 1.54) is 16.7 Å². The van der Waals surface area contributed by atoms with Gasteiger partial charge < -0.3 is 5.32 Å². The fraction of sp³-hybridized carbons (Fsp3) is 0.333. The van der Waals surface area contributed by atoms with Crippen LogP contribution in [-0.4, -0.2) is 16.5 Å². The Hall–Kier alpha value is -1.90. The highest BCUT2D eigenvalue weighted by atomic mass is 15.0. The summed E-state index contributed by atoms with van der Waals surface area (Å²) in [6.45, 7) is 7.28. The maximum Gasteiger partial charge on any atom is 0.129 e. The molecule has 1 N–H and O–H groups in total. The van der Waals surface area contributed by atoms with Crippen LogP contribution >= 0.6 is 0 Å². The van der Waals surface area contributed by atoms with E-state index < -0.39 is 0 Å². The van der Waals surface area contributed by atoms with Gasteiger partial charge in [-0.2, -0.15) is 0 Å². The van der Waals surface area contributed by atoms with Crippen LogP contribution < -0.4 is 5.32 Å². The summed E-state index contributed by atoms with van der Waals surface area (Å²) in [6, 6.07) is 8.43. The lowest BCUT2D eigenvalue weighted by Gasteiger charge is -2.08. The molecule has 2 aromatic rings. The van der Waals surface area contributed by atoms with E-state index in [4.69, 9.17) is 0 Å². The summed E-state index contributed by atoms with van der Waals surface area (Å²) in [5.41, 5.74) is 4.64. The minimum Gasteiger partial charge on any atom is -0.370 e. The Labute approximate surface area is 108 Å². The van der Waals surface area contributed by atoms with Crippen molar-refractivity contribution >= 4 is 5.82 Å². The zero-order valence-corrected chi connectivity index (χ0v) is 11.2. The summed E-state index contributed by atoms with van der Waals surface area (Å²) in [7, 11) is 0. The number of nitrogens with zero attached hydrogens (tertiary/aromatic N) is 2. The molecular weight excluding hydrogens is 222 g/mol. The van der Waals surface area contributed by atoms with Gasteiger partial charge in [-0.25, -0.2) is 9.97 Å². The molecule has 0 spiro atoms. The smallest absolute Gasteiger partial charge is 0.129 e. The average Bonchev–Trinajstić information content (AvgIpc) is 2.39. The zero-order valence-electron chi connectivity index (χ0n) is 11.2. The molecule has 0 saturated heterocycles. The van der Waals surface area contributed by atoms with Crippen LogP contribution in [0.5, 0.6) is 0 Å². The van der Waals surface area contributed by atoms with Crippen molar-refractivity contribution in [3.05, 3.63) is 41.7 Å². The first kappa shape index (κ1) is 12.6. The second-order valence-electron chi connectivity index (χ2n) is 4.53. The minimum atomic E-state index is 0.891. The number of hydrogen-bond donors (Lipinski definition) is 1. The quantitative estimate of drug-likeness (QED) is 0.889. The Morgan fingerprint density at radius 1 is 1.11 bits per heavy atom. The molecule has 0 atom stereocenters. The van der Waals surface area contributed by atoms with Crippen LogP contribution in [-0.2, 0) is 0 Å². The third-order valence-electron chi connectivity index (χ3n) is 2.89. The molecule has 94 valence electrons. The Kier molecular flexibility index (Phi) is 3.92. The Balaban J connectivity index is 2.35. The monoisotopic (exact) mass is 241 g/mol. The van der Waals surface area contributed by atoms with Crippen molar-refractivity contribution in [2.24, 2.45) is 0 Å². The Morgan fingerprint density at radius 2 is 1.94 bits per heavy atom. The lowest BCUT2D eigenvalue weighted by atomic mass is 10.0. The molecule has 0 aliphatic rings. The molecule has 0 bridgehead atoms. The van der Waals surface area contributed by atoms with Gasteiger partial charge in [-0.3, -0.25) is 0 Å². The van der Waals surface area contributed by atoms with Gasteiger partial charge in [-0.1, -0.05) is 24.6 Å². The molecule has 2 rings (SSSR count). The third kappa shape index (κ3) is 2.86. The molecule has 1 aromatic heterocycles. The minimum absolute atomic E-state index is 0.891. The van der Waals surface area contributed by atoms with E-state index in [0.29, 0.717) is 0 Å². The lowest BCUT2D eigenvalue weighted by molar-refractivity contribution is 0.965. The van der Waals surface area contributed by atoms with Crippen molar-refractivity contribution < 1.29 is 0 Å². The summed E-state index contributed by atoms with van der Waals surface area (Å²) in [4.78, 5) is 8.60. The standard InChI is InChI=1S/C15H19N3/c1-4-7-16-15-9-14(17-10-18-15)13-8-11(2)5-6-12(13)3/h5-6,8-10H,4,7H2,1-3H3,(H,16,17,18). The highest BCUT2D eigenvalue weighted by Gasteiger charge is 2.05. The maximum atomic E-state index is 4.37. The molecule has 3 heteroatoms. The number of aromatic nitrogens is 2. The van der Waals surface area contributed by atoms with E-state index >= 15 is 0 Å². The molecule has 0 aliphatic heterocycles. The van der Waals surface area contributed by atoms with Gasteiger partial charge in [-0.15, -0.1) is 0 Å². The van der Waals surface area contributed by atoms with Gasteiger partial charge in [0, 0.05) is 18.2 Å². The first-order valence-electron chi connectivity index (χ1n) is 6.34.